The van der Waals surface area contributed by atoms with Crippen LogP contribution < -0.4 is 5.32 Å². The van der Waals surface area contributed by atoms with Gasteiger partial charge in [0.1, 0.15) is 0 Å². The second-order valence-corrected chi connectivity index (χ2v) is 6.04. The molecule has 0 aliphatic carbocycles. The molecule has 2 rings (SSSR count). The first-order valence-corrected chi connectivity index (χ1v) is 7.37. The van der Waals surface area contributed by atoms with E-state index in [9.17, 15) is 10.1 Å². The Labute approximate surface area is 112 Å². The minimum absolute atomic E-state index is 0.110. The van der Waals surface area contributed by atoms with Crippen LogP contribution in [0, 0.1) is 16.0 Å². The summed E-state index contributed by atoms with van der Waals surface area (Å²) in [4.78, 5) is 10.2. The fraction of sp³-hybridized carbons (Fsp3) is 0.455. The predicted molar refractivity (Wildman–Crippen MR) is 74.7 cm³/mol. The molecular weight excluding hydrogens is 304 g/mol. The van der Waals surface area contributed by atoms with Gasteiger partial charge in [0.25, 0.3) is 5.69 Å². The predicted octanol–water partition coefficient (Wildman–Crippen LogP) is 3.52. The molecule has 1 aromatic rings. The fourth-order valence-electron chi connectivity index (χ4n) is 1.76. The molecule has 0 saturated carbocycles. The molecule has 1 aliphatic heterocycles. The summed E-state index contributed by atoms with van der Waals surface area (Å²) in [6, 6.07) is 4.81. The van der Waals surface area contributed by atoms with Crippen molar-refractivity contribution < 1.29 is 4.92 Å². The van der Waals surface area contributed by atoms with Crippen molar-refractivity contribution >= 4 is 39.1 Å². The Balaban J connectivity index is 1.98. The molecule has 0 radical (unpaired) electrons. The van der Waals surface area contributed by atoms with E-state index in [2.05, 4.69) is 21.2 Å². The van der Waals surface area contributed by atoms with Crippen molar-refractivity contribution in [1.82, 2.24) is 0 Å². The molecule has 1 unspecified atom stereocenters. The van der Waals surface area contributed by atoms with E-state index in [1.807, 2.05) is 11.8 Å². The minimum atomic E-state index is -0.387. The van der Waals surface area contributed by atoms with Gasteiger partial charge in [0.05, 0.1) is 4.92 Å². The van der Waals surface area contributed by atoms with Crippen molar-refractivity contribution in [2.45, 2.75) is 6.42 Å². The van der Waals surface area contributed by atoms with E-state index in [0.717, 1.165) is 16.7 Å². The summed E-state index contributed by atoms with van der Waals surface area (Å²) < 4.78 is 0.748. The molecule has 0 amide bonds. The van der Waals surface area contributed by atoms with Gasteiger partial charge in [0.2, 0.25) is 0 Å². The van der Waals surface area contributed by atoms with E-state index < -0.39 is 0 Å². The van der Waals surface area contributed by atoms with Gasteiger partial charge in [0.15, 0.2) is 0 Å². The van der Waals surface area contributed by atoms with Gasteiger partial charge in [-0.2, -0.15) is 11.8 Å². The van der Waals surface area contributed by atoms with E-state index in [1.54, 1.807) is 6.07 Å². The highest BCUT2D eigenvalue weighted by Gasteiger charge is 2.16. The van der Waals surface area contributed by atoms with Gasteiger partial charge >= 0.3 is 0 Å². The maximum atomic E-state index is 10.6. The fourth-order valence-corrected chi connectivity index (χ4v) is 3.55. The van der Waals surface area contributed by atoms with Crippen LogP contribution in [0.4, 0.5) is 11.4 Å². The van der Waals surface area contributed by atoms with E-state index in [1.165, 1.54) is 30.1 Å². The molecule has 1 heterocycles. The number of benzene rings is 1. The zero-order valence-electron chi connectivity index (χ0n) is 9.19. The Kier molecular flexibility index (Phi) is 4.28. The molecule has 92 valence electrons. The number of hydrogen-bond donors (Lipinski definition) is 1. The highest BCUT2D eigenvalue weighted by Crippen LogP contribution is 2.29. The summed E-state index contributed by atoms with van der Waals surface area (Å²) in [7, 11) is 0. The van der Waals surface area contributed by atoms with Crippen molar-refractivity contribution in [1.29, 1.82) is 0 Å². The van der Waals surface area contributed by atoms with Crippen LogP contribution in [0.1, 0.15) is 6.42 Å². The number of anilines is 1. The third kappa shape index (κ3) is 3.35. The van der Waals surface area contributed by atoms with Gasteiger partial charge in [-0.3, -0.25) is 10.1 Å². The Bertz CT molecular complexity index is 422. The van der Waals surface area contributed by atoms with Crippen molar-refractivity contribution in [2.75, 3.05) is 23.4 Å². The van der Waals surface area contributed by atoms with E-state index in [0.29, 0.717) is 5.92 Å². The Morgan fingerprint density at radius 3 is 3.00 bits per heavy atom. The minimum Gasteiger partial charge on any atom is -0.384 e. The molecule has 4 nitrogen and oxygen atoms in total. The molecule has 1 aromatic carbocycles. The number of non-ortho nitro benzene ring substituents is 1. The lowest BCUT2D eigenvalue weighted by Crippen LogP contribution is -2.13. The molecular formula is C11H13BrN2O2S. The molecule has 1 atom stereocenters. The number of nitrogens with one attached hydrogen (secondary N) is 1. The summed E-state index contributed by atoms with van der Waals surface area (Å²) in [6.45, 7) is 0.934. The van der Waals surface area contributed by atoms with Gasteiger partial charge < -0.3 is 5.32 Å². The molecule has 6 heteroatoms. The first kappa shape index (κ1) is 12.7. The Hall–Kier alpha value is -0.750. The van der Waals surface area contributed by atoms with E-state index >= 15 is 0 Å². The van der Waals surface area contributed by atoms with Crippen LogP contribution in [-0.4, -0.2) is 23.0 Å². The topological polar surface area (TPSA) is 55.2 Å². The standard InChI is InChI=1S/C11H13BrN2O2S/c12-10-5-9(14(15)16)1-2-11(10)13-6-8-3-4-17-7-8/h1-2,5,8,13H,3-4,6-7H2. The first-order chi connectivity index (χ1) is 8.16. The van der Waals surface area contributed by atoms with Gasteiger partial charge in [-0.1, -0.05) is 0 Å². The lowest BCUT2D eigenvalue weighted by Gasteiger charge is -2.12. The number of hydrogen-bond acceptors (Lipinski definition) is 4. The van der Waals surface area contributed by atoms with Crippen LogP contribution in [0.5, 0.6) is 0 Å². The van der Waals surface area contributed by atoms with Crippen LogP contribution in [0.2, 0.25) is 0 Å². The highest BCUT2D eigenvalue weighted by molar-refractivity contribution is 9.10. The van der Waals surface area contributed by atoms with Crippen LogP contribution in [0.15, 0.2) is 22.7 Å². The molecule has 1 fully saturated rings. The SMILES string of the molecule is O=[N+]([O-])c1ccc(NCC2CCSC2)c(Br)c1. The number of nitrogens with zero attached hydrogens (tertiary/aromatic N) is 1. The monoisotopic (exact) mass is 316 g/mol. The molecule has 1 N–H and O–H groups in total. The summed E-state index contributed by atoms with van der Waals surface area (Å²) in [5.41, 5.74) is 1.03. The van der Waals surface area contributed by atoms with E-state index in [-0.39, 0.29) is 10.6 Å². The second-order valence-electron chi connectivity index (χ2n) is 4.03. The highest BCUT2D eigenvalue weighted by atomic mass is 79.9. The number of nitro benzene ring substituents is 1. The number of thioether (sulfide) groups is 1. The van der Waals surface area contributed by atoms with Gasteiger partial charge in [-0.15, -0.1) is 0 Å². The van der Waals surface area contributed by atoms with Gasteiger partial charge in [-0.25, -0.2) is 0 Å². The average molecular weight is 317 g/mol. The van der Waals surface area contributed by atoms with Crippen LogP contribution in [0.25, 0.3) is 0 Å². The summed E-state index contributed by atoms with van der Waals surface area (Å²) in [5.74, 6) is 3.16. The van der Waals surface area contributed by atoms with Crippen molar-refractivity contribution in [2.24, 2.45) is 5.92 Å². The van der Waals surface area contributed by atoms with Crippen LogP contribution in [-0.2, 0) is 0 Å². The molecule has 17 heavy (non-hydrogen) atoms. The van der Waals surface area contributed by atoms with Crippen molar-refractivity contribution in [3.05, 3.63) is 32.8 Å². The summed E-state index contributed by atoms with van der Waals surface area (Å²) in [5, 5.41) is 13.9. The van der Waals surface area contributed by atoms with Crippen molar-refractivity contribution in [3.8, 4) is 0 Å². The normalized spacial score (nSPS) is 19.2. The first-order valence-electron chi connectivity index (χ1n) is 5.42. The Morgan fingerprint density at radius 2 is 2.41 bits per heavy atom. The molecule has 1 aliphatic rings. The van der Waals surface area contributed by atoms with Crippen molar-refractivity contribution in [3.63, 3.8) is 0 Å². The number of rotatable bonds is 4. The maximum Gasteiger partial charge on any atom is 0.270 e. The smallest absolute Gasteiger partial charge is 0.270 e. The largest absolute Gasteiger partial charge is 0.384 e. The average Bonchev–Trinajstić information content (AvgIpc) is 2.80. The number of nitro groups is 1. The third-order valence-electron chi connectivity index (χ3n) is 2.77. The summed E-state index contributed by atoms with van der Waals surface area (Å²) >= 11 is 5.34. The molecule has 0 aromatic heterocycles. The zero-order valence-corrected chi connectivity index (χ0v) is 11.6. The quantitative estimate of drug-likeness (QED) is 0.682. The van der Waals surface area contributed by atoms with Gasteiger partial charge in [-0.05, 0) is 45.8 Å². The maximum absolute atomic E-state index is 10.6. The third-order valence-corrected chi connectivity index (χ3v) is 4.66. The zero-order chi connectivity index (χ0) is 12.3. The second kappa shape index (κ2) is 5.73. The molecule has 0 bridgehead atoms. The molecule has 0 spiro atoms. The van der Waals surface area contributed by atoms with Gasteiger partial charge in [0, 0.05) is 28.8 Å². The van der Waals surface area contributed by atoms with E-state index in [4.69, 9.17) is 0 Å². The Morgan fingerprint density at radius 1 is 1.59 bits per heavy atom. The number of halogens is 1. The lowest BCUT2D eigenvalue weighted by atomic mass is 10.1. The summed E-state index contributed by atoms with van der Waals surface area (Å²) in [6.07, 6.45) is 1.25. The molecule has 1 saturated heterocycles. The van der Waals surface area contributed by atoms with Crippen LogP contribution in [0.3, 0.4) is 0 Å². The van der Waals surface area contributed by atoms with Crippen LogP contribution >= 0.6 is 27.7 Å². The lowest BCUT2D eigenvalue weighted by molar-refractivity contribution is -0.384.